The quantitative estimate of drug-likeness (QED) is 0.869. The highest BCUT2D eigenvalue weighted by atomic mass is 35.5. The van der Waals surface area contributed by atoms with Crippen LogP contribution < -0.4 is 0 Å². The number of furan rings is 1. The maximum atomic E-state index is 12.6. The Labute approximate surface area is 124 Å². The molecule has 0 saturated carbocycles. The van der Waals surface area contributed by atoms with Crippen LogP contribution >= 0.6 is 11.6 Å². The van der Waals surface area contributed by atoms with Gasteiger partial charge in [-0.1, -0.05) is 11.6 Å². The molecule has 2 aromatic rings. The number of aryl methyl sites for hydroxylation is 2. The van der Waals surface area contributed by atoms with Crippen LogP contribution in [-0.4, -0.2) is 19.8 Å². The minimum Gasteiger partial charge on any atom is -0.468 e. The first kappa shape index (κ1) is 15.1. The monoisotopic (exact) mass is 313 g/mol. The van der Waals surface area contributed by atoms with Crippen molar-refractivity contribution >= 4 is 21.6 Å². The van der Waals surface area contributed by atoms with Crippen LogP contribution in [0.2, 0.25) is 5.02 Å². The van der Waals surface area contributed by atoms with E-state index in [1.807, 2.05) is 0 Å². The molecule has 2 rings (SSSR count). The van der Waals surface area contributed by atoms with E-state index >= 15 is 0 Å². The van der Waals surface area contributed by atoms with Crippen molar-refractivity contribution in [3.63, 3.8) is 0 Å². The predicted molar refractivity (Wildman–Crippen MR) is 78.3 cm³/mol. The fourth-order valence-corrected chi connectivity index (χ4v) is 3.55. The zero-order valence-electron chi connectivity index (χ0n) is 11.6. The number of sulfonamides is 1. The van der Waals surface area contributed by atoms with Crippen molar-refractivity contribution < 1.29 is 12.8 Å². The first-order valence-corrected chi connectivity index (χ1v) is 7.89. The number of rotatable bonds is 4. The SMILES string of the molecule is Cc1cc(S(=O)(=O)N(C)Cc2ccco2)c(C)cc1Cl. The smallest absolute Gasteiger partial charge is 0.243 e. The van der Waals surface area contributed by atoms with Gasteiger partial charge in [-0.15, -0.1) is 0 Å². The molecular weight excluding hydrogens is 298 g/mol. The third kappa shape index (κ3) is 2.90. The average Bonchev–Trinajstić information content (AvgIpc) is 2.86. The van der Waals surface area contributed by atoms with Crippen molar-refractivity contribution in [1.29, 1.82) is 0 Å². The number of hydrogen-bond donors (Lipinski definition) is 0. The Morgan fingerprint density at radius 2 is 1.95 bits per heavy atom. The molecule has 0 aliphatic heterocycles. The Kier molecular flexibility index (Phi) is 4.22. The van der Waals surface area contributed by atoms with Gasteiger partial charge in [0.15, 0.2) is 0 Å². The van der Waals surface area contributed by atoms with Gasteiger partial charge in [0.25, 0.3) is 0 Å². The summed E-state index contributed by atoms with van der Waals surface area (Å²) in [6.07, 6.45) is 1.52. The van der Waals surface area contributed by atoms with Gasteiger partial charge in [-0.3, -0.25) is 0 Å². The second-order valence-electron chi connectivity index (χ2n) is 4.71. The zero-order chi connectivity index (χ0) is 14.9. The molecule has 0 N–H and O–H groups in total. The highest BCUT2D eigenvalue weighted by Crippen LogP contribution is 2.26. The second-order valence-corrected chi connectivity index (χ2v) is 7.13. The minimum absolute atomic E-state index is 0.191. The van der Waals surface area contributed by atoms with Crippen LogP contribution in [0.4, 0.5) is 0 Å². The van der Waals surface area contributed by atoms with E-state index in [1.165, 1.54) is 17.6 Å². The van der Waals surface area contributed by atoms with E-state index in [0.717, 1.165) is 5.56 Å². The summed E-state index contributed by atoms with van der Waals surface area (Å²) in [5.74, 6) is 0.597. The van der Waals surface area contributed by atoms with Gasteiger partial charge in [-0.25, -0.2) is 8.42 Å². The van der Waals surface area contributed by atoms with Gasteiger partial charge in [0.2, 0.25) is 10.0 Å². The highest BCUT2D eigenvalue weighted by Gasteiger charge is 2.24. The normalized spacial score (nSPS) is 12.1. The van der Waals surface area contributed by atoms with E-state index in [2.05, 4.69) is 0 Å². The molecule has 0 radical (unpaired) electrons. The summed E-state index contributed by atoms with van der Waals surface area (Å²) in [7, 11) is -2.04. The third-order valence-electron chi connectivity index (χ3n) is 3.10. The summed E-state index contributed by atoms with van der Waals surface area (Å²) in [6, 6.07) is 6.75. The maximum absolute atomic E-state index is 12.6. The fourth-order valence-electron chi connectivity index (χ4n) is 1.91. The molecule has 0 amide bonds. The predicted octanol–water partition coefficient (Wildman–Crippen LogP) is 3.37. The molecule has 0 spiro atoms. The lowest BCUT2D eigenvalue weighted by Gasteiger charge is -2.18. The van der Waals surface area contributed by atoms with Gasteiger partial charge in [0.05, 0.1) is 17.7 Å². The Morgan fingerprint density at radius 3 is 2.55 bits per heavy atom. The van der Waals surface area contributed by atoms with Gasteiger partial charge < -0.3 is 4.42 Å². The lowest BCUT2D eigenvalue weighted by molar-refractivity contribution is 0.406. The van der Waals surface area contributed by atoms with Crippen molar-refractivity contribution in [2.45, 2.75) is 25.3 Å². The van der Waals surface area contributed by atoms with Crippen LogP contribution in [0.3, 0.4) is 0 Å². The van der Waals surface area contributed by atoms with E-state index in [1.54, 1.807) is 38.1 Å². The maximum Gasteiger partial charge on any atom is 0.243 e. The van der Waals surface area contributed by atoms with E-state index in [4.69, 9.17) is 16.0 Å². The van der Waals surface area contributed by atoms with Gasteiger partial charge in [0, 0.05) is 12.1 Å². The zero-order valence-corrected chi connectivity index (χ0v) is 13.1. The van der Waals surface area contributed by atoms with Crippen molar-refractivity contribution in [3.8, 4) is 0 Å². The Balaban J connectivity index is 2.37. The molecule has 0 aliphatic carbocycles. The molecule has 0 bridgehead atoms. The van der Waals surface area contributed by atoms with Crippen LogP contribution in [-0.2, 0) is 16.6 Å². The molecule has 0 fully saturated rings. The van der Waals surface area contributed by atoms with Gasteiger partial charge in [0.1, 0.15) is 5.76 Å². The Hall–Kier alpha value is -1.30. The van der Waals surface area contributed by atoms with Crippen LogP contribution in [0.1, 0.15) is 16.9 Å². The molecule has 1 heterocycles. The molecule has 1 aromatic carbocycles. The van der Waals surface area contributed by atoms with Crippen LogP contribution in [0.15, 0.2) is 39.8 Å². The summed E-state index contributed by atoms with van der Waals surface area (Å²) in [6.45, 7) is 3.71. The molecule has 20 heavy (non-hydrogen) atoms. The average molecular weight is 314 g/mol. The summed E-state index contributed by atoms with van der Waals surface area (Å²) < 4.78 is 31.6. The molecule has 6 heteroatoms. The molecule has 0 atom stereocenters. The molecular formula is C14H16ClNO3S. The summed E-state index contributed by atoms with van der Waals surface area (Å²) in [5, 5.41) is 0.565. The fraction of sp³-hybridized carbons (Fsp3) is 0.286. The molecule has 4 nitrogen and oxygen atoms in total. The summed E-state index contributed by atoms with van der Waals surface area (Å²) >= 11 is 6.01. The van der Waals surface area contributed by atoms with Crippen molar-refractivity contribution in [2.75, 3.05) is 7.05 Å². The second kappa shape index (κ2) is 5.60. The van der Waals surface area contributed by atoms with E-state index in [-0.39, 0.29) is 11.4 Å². The lowest BCUT2D eigenvalue weighted by Crippen LogP contribution is -2.27. The first-order chi connectivity index (χ1) is 9.32. The number of hydrogen-bond acceptors (Lipinski definition) is 3. The number of nitrogens with zero attached hydrogens (tertiary/aromatic N) is 1. The summed E-state index contributed by atoms with van der Waals surface area (Å²) in [4.78, 5) is 0.272. The minimum atomic E-state index is -3.57. The Bertz CT molecular complexity index is 708. The van der Waals surface area contributed by atoms with Crippen molar-refractivity contribution in [3.05, 3.63) is 52.4 Å². The van der Waals surface area contributed by atoms with Gasteiger partial charge >= 0.3 is 0 Å². The first-order valence-electron chi connectivity index (χ1n) is 6.08. The largest absolute Gasteiger partial charge is 0.468 e. The van der Waals surface area contributed by atoms with E-state index < -0.39 is 10.0 Å². The summed E-state index contributed by atoms with van der Waals surface area (Å²) in [5.41, 5.74) is 1.37. The molecule has 0 unspecified atom stereocenters. The number of halogens is 1. The topological polar surface area (TPSA) is 50.5 Å². The molecule has 108 valence electrons. The molecule has 0 saturated heterocycles. The van der Waals surface area contributed by atoms with Gasteiger partial charge in [-0.05, 0) is 49.2 Å². The lowest BCUT2D eigenvalue weighted by atomic mass is 10.2. The Morgan fingerprint density at radius 1 is 1.25 bits per heavy atom. The van der Waals surface area contributed by atoms with E-state index in [0.29, 0.717) is 16.3 Å². The standard InChI is InChI=1S/C14H16ClNO3S/c1-10-8-14(11(2)7-13(10)15)20(17,18)16(3)9-12-5-4-6-19-12/h4-8H,9H2,1-3H3. The van der Waals surface area contributed by atoms with Crippen molar-refractivity contribution in [1.82, 2.24) is 4.31 Å². The van der Waals surface area contributed by atoms with Gasteiger partial charge in [-0.2, -0.15) is 4.31 Å². The molecule has 1 aromatic heterocycles. The van der Waals surface area contributed by atoms with Crippen LogP contribution in [0.5, 0.6) is 0 Å². The third-order valence-corrected chi connectivity index (χ3v) is 5.46. The highest BCUT2D eigenvalue weighted by molar-refractivity contribution is 7.89. The number of benzene rings is 1. The van der Waals surface area contributed by atoms with Crippen molar-refractivity contribution in [2.24, 2.45) is 0 Å². The van der Waals surface area contributed by atoms with Crippen LogP contribution in [0, 0.1) is 13.8 Å². The molecule has 0 aliphatic rings. The van der Waals surface area contributed by atoms with E-state index in [9.17, 15) is 8.42 Å². The van der Waals surface area contributed by atoms with Crippen LogP contribution in [0.25, 0.3) is 0 Å².